The van der Waals surface area contributed by atoms with Crippen molar-refractivity contribution in [1.29, 1.82) is 0 Å². The van der Waals surface area contributed by atoms with Gasteiger partial charge in [0.15, 0.2) is 11.5 Å². The lowest BCUT2D eigenvalue weighted by Crippen LogP contribution is -2.18. The molecule has 0 aliphatic rings. The van der Waals surface area contributed by atoms with Crippen LogP contribution in [0.25, 0.3) is 0 Å². The summed E-state index contributed by atoms with van der Waals surface area (Å²) in [5, 5.41) is 26.1. The summed E-state index contributed by atoms with van der Waals surface area (Å²) in [6.07, 6.45) is 1.03. The number of hydrogen-bond donors (Lipinski definition) is 1. The minimum Gasteiger partial charge on any atom is -0.493 e. The number of nitrogens with zero attached hydrogens (tertiary/aromatic N) is 3. The van der Waals surface area contributed by atoms with Crippen molar-refractivity contribution in [2.24, 2.45) is 5.10 Å². The predicted molar refractivity (Wildman–Crippen MR) is 131 cm³/mol. The standard InChI is InChI=1S/C24H18N4O10/c1-14(29)37-20-11-8-16(12-21(20)36-2)24(31)38-22-17(4-3-5-19(22)28(34)35)13-25-26-23(30)15-6-9-18(10-7-15)27(32)33/h3-13H,1-2H3,(H,26,30)/b25-13+. The van der Waals surface area contributed by atoms with Crippen LogP contribution in [0.4, 0.5) is 11.4 Å². The van der Waals surface area contributed by atoms with E-state index in [1.54, 1.807) is 0 Å². The van der Waals surface area contributed by atoms with Gasteiger partial charge in [0.05, 0.1) is 28.7 Å². The molecule has 1 N–H and O–H groups in total. The minimum atomic E-state index is -0.989. The van der Waals surface area contributed by atoms with E-state index in [4.69, 9.17) is 14.2 Å². The van der Waals surface area contributed by atoms with Gasteiger partial charge in [-0.15, -0.1) is 0 Å². The van der Waals surface area contributed by atoms with Crippen molar-refractivity contribution in [2.45, 2.75) is 6.92 Å². The molecule has 0 atom stereocenters. The zero-order chi connectivity index (χ0) is 27.8. The van der Waals surface area contributed by atoms with Crippen molar-refractivity contribution in [1.82, 2.24) is 5.43 Å². The number of amides is 1. The monoisotopic (exact) mass is 522 g/mol. The van der Waals surface area contributed by atoms with Crippen LogP contribution in [-0.2, 0) is 4.79 Å². The van der Waals surface area contributed by atoms with Crippen molar-refractivity contribution >= 4 is 35.4 Å². The fourth-order valence-corrected chi connectivity index (χ4v) is 3.04. The number of para-hydroxylation sites is 1. The highest BCUT2D eigenvalue weighted by atomic mass is 16.6. The Hall–Kier alpha value is -5.66. The molecule has 3 rings (SSSR count). The number of carbonyl (C=O) groups excluding carboxylic acids is 3. The fraction of sp³-hybridized carbons (Fsp3) is 0.0833. The summed E-state index contributed by atoms with van der Waals surface area (Å²) in [5.74, 6) is -2.65. The van der Waals surface area contributed by atoms with Crippen LogP contribution in [0, 0.1) is 20.2 Å². The number of esters is 2. The molecule has 0 aliphatic heterocycles. The summed E-state index contributed by atoms with van der Waals surface area (Å²) in [6, 6.07) is 12.3. The van der Waals surface area contributed by atoms with E-state index in [9.17, 15) is 34.6 Å². The maximum Gasteiger partial charge on any atom is 0.343 e. The molecule has 38 heavy (non-hydrogen) atoms. The van der Waals surface area contributed by atoms with Crippen LogP contribution in [0.5, 0.6) is 17.2 Å². The van der Waals surface area contributed by atoms with Crippen LogP contribution < -0.4 is 19.6 Å². The number of hydrazone groups is 1. The Bertz CT molecular complexity index is 1450. The highest BCUT2D eigenvalue weighted by Gasteiger charge is 2.23. The van der Waals surface area contributed by atoms with Gasteiger partial charge >= 0.3 is 17.6 Å². The van der Waals surface area contributed by atoms with E-state index in [1.807, 2.05) is 0 Å². The van der Waals surface area contributed by atoms with E-state index in [-0.39, 0.29) is 33.9 Å². The lowest BCUT2D eigenvalue weighted by molar-refractivity contribution is -0.385. The largest absolute Gasteiger partial charge is 0.493 e. The van der Waals surface area contributed by atoms with E-state index in [0.717, 1.165) is 24.4 Å². The van der Waals surface area contributed by atoms with Gasteiger partial charge in [-0.05, 0) is 36.4 Å². The first kappa shape index (κ1) is 26.9. The second kappa shape index (κ2) is 11.9. The average molecular weight is 522 g/mol. The van der Waals surface area contributed by atoms with E-state index in [1.165, 1.54) is 56.5 Å². The van der Waals surface area contributed by atoms with Crippen LogP contribution in [0.2, 0.25) is 0 Å². The molecule has 0 radical (unpaired) electrons. The van der Waals surface area contributed by atoms with Gasteiger partial charge in [0, 0.05) is 36.2 Å². The zero-order valence-electron chi connectivity index (χ0n) is 19.8. The van der Waals surface area contributed by atoms with Crippen molar-refractivity contribution in [3.63, 3.8) is 0 Å². The summed E-state index contributed by atoms with van der Waals surface area (Å²) in [7, 11) is 1.29. The van der Waals surface area contributed by atoms with Gasteiger partial charge in [0.25, 0.3) is 11.6 Å². The molecule has 0 heterocycles. The Morgan fingerprint density at radius 3 is 2.18 bits per heavy atom. The number of nitro groups is 2. The highest BCUT2D eigenvalue weighted by Crippen LogP contribution is 2.32. The summed E-state index contributed by atoms with van der Waals surface area (Å²) < 4.78 is 15.4. The van der Waals surface area contributed by atoms with Crippen LogP contribution in [0.3, 0.4) is 0 Å². The topological polar surface area (TPSA) is 190 Å². The smallest absolute Gasteiger partial charge is 0.343 e. The number of nitrogens with one attached hydrogen (secondary N) is 1. The molecule has 14 nitrogen and oxygen atoms in total. The number of nitro benzene ring substituents is 2. The third kappa shape index (κ3) is 6.51. The average Bonchev–Trinajstić information content (AvgIpc) is 2.89. The molecule has 0 bridgehead atoms. The molecule has 0 saturated heterocycles. The lowest BCUT2D eigenvalue weighted by Gasteiger charge is -2.11. The van der Waals surface area contributed by atoms with E-state index in [0.29, 0.717) is 0 Å². The molecule has 0 spiro atoms. The molecular weight excluding hydrogens is 504 g/mol. The van der Waals surface area contributed by atoms with Crippen LogP contribution >= 0.6 is 0 Å². The van der Waals surface area contributed by atoms with Gasteiger partial charge in [0.2, 0.25) is 5.75 Å². The number of rotatable bonds is 9. The van der Waals surface area contributed by atoms with E-state index < -0.39 is 39.1 Å². The van der Waals surface area contributed by atoms with Gasteiger partial charge in [-0.2, -0.15) is 5.10 Å². The van der Waals surface area contributed by atoms with Crippen LogP contribution in [0.15, 0.2) is 65.8 Å². The summed E-state index contributed by atoms with van der Waals surface area (Å²) in [4.78, 5) is 57.2. The molecule has 14 heteroatoms. The molecule has 3 aromatic carbocycles. The van der Waals surface area contributed by atoms with Gasteiger partial charge in [0.1, 0.15) is 0 Å². The second-order valence-electron chi connectivity index (χ2n) is 7.30. The zero-order valence-corrected chi connectivity index (χ0v) is 19.8. The minimum absolute atomic E-state index is 0.0138. The number of carbonyl (C=O) groups is 3. The van der Waals surface area contributed by atoms with Gasteiger partial charge < -0.3 is 14.2 Å². The van der Waals surface area contributed by atoms with E-state index in [2.05, 4.69) is 10.5 Å². The fourth-order valence-electron chi connectivity index (χ4n) is 3.04. The first-order chi connectivity index (χ1) is 18.1. The van der Waals surface area contributed by atoms with Crippen molar-refractivity contribution in [2.75, 3.05) is 7.11 Å². The van der Waals surface area contributed by atoms with Gasteiger partial charge in [-0.25, -0.2) is 10.2 Å². The van der Waals surface area contributed by atoms with Crippen LogP contribution in [-0.4, -0.2) is 41.0 Å². The van der Waals surface area contributed by atoms with Crippen molar-refractivity contribution < 1.29 is 38.4 Å². The van der Waals surface area contributed by atoms with Gasteiger partial charge in [-0.1, -0.05) is 6.07 Å². The van der Waals surface area contributed by atoms with Crippen molar-refractivity contribution in [3.05, 3.63) is 97.6 Å². The lowest BCUT2D eigenvalue weighted by atomic mass is 10.1. The predicted octanol–water partition coefficient (Wildman–Crippen LogP) is 3.42. The number of methoxy groups -OCH3 is 1. The number of non-ortho nitro benzene ring substituents is 1. The third-order valence-corrected chi connectivity index (χ3v) is 4.78. The molecule has 3 aromatic rings. The SMILES string of the molecule is COc1cc(C(=O)Oc2c(/C=N/NC(=O)c3ccc([N+](=O)[O-])cc3)cccc2[N+](=O)[O-])ccc1OC(C)=O. The number of ether oxygens (including phenoxy) is 3. The Morgan fingerprint density at radius 2 is 1.58 bits per heavy atom. The number of hydrogen-bond acceptors (Lipinski definition) is 11. The first-order valence-electron chi connectivity index (χ1n) is 10.5. The highest BCUT2D eigenvalue weighted by molar-refractivity contribution is 5.97. The summed E-state index contributed by atoms with van der Waals surface area (Å²) in [6.45, 7) is 1.19. The molecule has 0 aromatic heterocycles. The maximum atomic E-state index is 12.8. The second-order valence-corrected chi connectivity index (χ2v) is 7.30. The first-order valence-corrected chi connectivity index (χ1v) is 10.5. The Balaban J connectivity index is 1.84. The summed E-state index contributed by atoms with van der Waals surface area (Å²) >= 11 is 0. The molecule has 0 aliphatic carbocycles. The van der Waals surface area contributed by atoms with E-state index >= 15 is 0 Å². The van der Waals surface area contributed by atoms with Crippen molar-refractivity contribution in [3.8, 4) is 17.2 Å². The van der Waals surface area contributed by atoms with Gasteiger partial charge in [-0.3, -0.25) is 29.8 Å². The normalized spacial score (nSPS) is 10.5. The number of benzene rings is 3. The molecular formula is C24H18N4O10. The molecule has 0 saturated carbocycles. The maximum absolute atomic E-state index is 12.8. The third-order valence-electron chi connectivity index (χ3n) is 4.78. The molecule has 194 valence electrons. The Kier molecular flexibility index (Phi) is 8.40. The Labute approximate surface area is 213 Å². The van der Waals surface area contributed by atoms with Crippen LogP contribution in [0.1, 0.15) is 33.2 Å². The molecule has 1 amide bonds. The Morgan fingerprint density at radius 1 is 0.895 bits per heavy atom. The quantitative estimate of drug-likeness (QED) is 0.143. The molecule has 0 unspecified atom stereocenters. The molecule has 0 fully saturated rings. The summed E-state index contributed by atoms with van der Waals surface area (Å²) in [5.41, 5.74) is 1.43.